The number of benzene rings is 1. The maximum atomic E-state index is 12.3. The highest BCUT2D eigenvalue weighted by molar-refractivity contribution is 5.97. The number of carboxylic acids is 1. The van der Waals surface area contributed by atoms with Crippen LogP contribution in [0.4, 0.5) is 5.69 Å². The Kier molecular flexibility index (Phi) is 3.42. The lowest BCUT2D eigenvalue weighted by Gasteiger charge is -2.24. The summed E-state index contributed by atoms with van der Waals surface area (Å²) in [5, 5.41) is 13.8. The number of nitrogens with two attached hydrogens (primary N) is 1. The fourth-order valence-corrected chi connectivity index (χ4v) is 2.85. The minimum atomic E-state index is -1.30. The fraction of sp³-hybridized carbons (Fsp3) is 0.267. The minimum Gasteiger partial charge on any atom is -0.550 e. The lowest BCUT2D eigenvalue weighted by atomic mass is 9.82. The van der Waals surface area contributed by atoms with Gasteiger partial charge in [0.25, 0.3) is 0 Å². The van der Waals surface area contributed by atoms with Crippen LogP contribution in [0, 0.1) is 11.8 Å². The third-order valence-electron chi connectivity index (χ3n) is 3.91. The molecule has 0 spiro atoms. The number of hydrogen-bond acceptors (Lipinski definition) is 5. The van der Waals surface area contributed by atoms with Crippen molar-refractivity contribution in [1.82, 2.24) is 0 Å². The Morgan fingerprint density at radius 3 is 2.18 bits per heavy atom. The second-order valence-corrected chi connectivity index (χ2v) is 5.25. The summed E-state index contributed by atoms with van der Waals surface area (Å²) in [6, 6.07) is 6.00. The largest absolute Gasteiger partial charge is 0.550 e. The summed E-state index contributed by atoms with van der Waals surface area (Å²) in [7, 11) is 0. The zero-order valence-electron chi connectivity index (χ0n) is 11.4. The van der Waals surface area contributed by atoms with E-state index in [1.54, 1.807) is 12.2 Å². The Labute approximate surface area is 125 Å². The lowest BCUT2D eigenvalue weighted by molar-refractivity contribution is -0.313. The number of primary amides is 1. The Morgan fingerprint density at radius 2 is 1.64 bits per heavy atom. The molecule has 7 heteroatoms. The van der Waals surface area contributed by atoms with E-state index in [2.05, 4.69) is 5.32 Å². The molecule has 22 heavy (non-hydrogen) atoms. The molecule has 0 aliphatic carbocycles. The Balaban J connectivity index is 1.75. The van der Waals surface area contributed by atoms with Crippen LogP contribution in [-0.2, 0) is 14.3 Å². The van der Waals surface area contributed by atoms with E-state index in [1.165, 1.54) is 24.3 Å². The third-order valence-corrected chi connectivity index (χ3v) is 3.91. The van der Waals surface area contributed by atoms with Crippen molar-refractivity contribution >= 4 is 23.5 Å². The van der Waals surface area contributed by atoms with Crippen molar-refractivity contribution < 1.29 is 24.2 Å². The molecule has 2 amide bonds. The molecule has 3 rings (SSSR count). The van der Waals surface area contributed by atoms with Crippen LogP contribution >= 0.6 is 0 Å². The molecule has 0 aromatic heterocycles. The van der Waals surface area contributed by atoms with Crippen molar-refractivity contribution in [2.75, 3.05) is 5.32 Å². The van der Waals surface area contributed by atoms with Crippen LogP contribution in [0.1, 0.15) is 10.4 Å². The maximum Gasteiger partial charge on any atom is 0.248 e. The van der Waals surface area contributed by atoms with Gasteiger partial charge in [-0.2, -0.15) is 0 Å². The molecule has 2 bridgehead atoms. The highest BCUT2D eigenvalue weighted by Gasteiger charge is 2.50. The van der Waals surface area contributed by atoms with Crippen LogP contribution in [0.15, 0.2) is 36.4 Å². The molecule has 1 saturated heterocycles. The summed E-state index contributed by atoms with van der Waals surface area (Å²) in [6.07, 6.45) is 2.14. The normalized spacial score (nSPS) is 28.5. The summed E-state index contributed by atoms with van der Waals surface area (Å²) >= 11 is 0. The Bertz CT molecular complexity index is 667. The van der Waals surface area contributed by atoms with Crippen molar-refractivity contribution in [3.8, 4) is 0 Å². The van der Waals surface area contributed by atoms with Gasteiger partial charge in [0.1, 0.15) is 0 Å². The highest BCUT2D eigenvalue weighted by atomic mass is 16.5. The van der Waals surface area contributed by atoms with Gasteiger partial charge in [-0.1, -0.05) is 12.2 Å². The standard InChI is InChI=1S/C15H14N2O5/c16-13(18)7-1-3-8(4-2-7)17-14(19)11-9-5-6-10(22-9)12(11)15(20)21/h1-6,9-12H,(H2,16,18)(H,17,19)(H,20,21)/p-1/t9-,10+,11-,12+/m1/s1. The van der Waals surface area contributed by atoms with Gasteiger partial charge in [0.05, 0.1) is 18.1 Å². The quantitative estimate of drug-likeness (QED) is 0.694. The first-order valence-corrected chi connectivity index (χ1v) is 6.73. The van der Waals surface area contributed by atoms with Crippen LogP contribution in [0.25, 0.3) is 0 Å². The molecule has 1 fully saturated rings. The average Bonchev–Trinajstić information content (AvgIpc) is 3.08. The van der Waals surface area contributed by atoms with Gasteiger partial charge < -0.3 is 25.7 Å². The SMILES string of the molecule is NC(=O)c1ccc(NC(=O)[C@H]2[C@@H](C(=O)[O-])[C@@H]3C=C[C@H]2O3)cc1. The number of carboxylic acid groups (broad SMARTS) is 1. The molecule has 4 atom stereocenters. The zero-order valence-corrected chi connectivity index (χ0v) is 11.4. The molecule has 2 aliphatic heterocycles. The molecule has 0 unspecified atom stereocenters. The molecule has 0 saturated carbocycles. The first-order chi connectivity index (χ1) is 10.5. The van der Waals surface area contributed by atoms with E-state index >= 15 is 0 Å². The van der Waals surface area contributed by atoms with E-state index < -0.39 is 41.8 Å². The second kappa shape index (κ2) is 5.27. The van der Waals surface area contributed by atoms with Gasteiger partial charge in [0, 0.05) is 23.1 Å². The summed E-state index contributed by atoms with van der Waals surface area (Å²) in [4.78, 5) is 34.5. The first-order valence-electron chi connectivity index (χ1n) is 6.73. The zero-order chi connectivity index (χ0) is 15.9. The Morgan fingerprint density at radius 1 is 1.05 bits per heavy atom. The van der Waals surface area contributed by atoms with E-state index in [1.807, 2.05) is 0 Å². The molecule has 2 aliphatic rings. The number of rotatable bonds is 4. The number of amides is 2. The smallest absolute Gasteiger partial charge is 0.248 e. The van der Waals surface area contributed by atoms with Crippen LogP contribution < -0.4 is 16.2 Å². The number of carbonyl (C=O) groups excluding carboxylic acids is 3. The van der Waals surface area contributed by atoms with Crippen molar-refractivity contribution in [2.45, 2.75) is 12.2 Å². The minimum absolute atomic E-state index is 0.316. The van der Waals surface area contributed by atoms with E-state index in [-0.39, 0.29) is 0 Å². The van der Waals surface area contributed by atoms with E-state index in [9.17, 15) is 19.5 Å². The van der Waals surface area contributed by atoms with Gasteiger partial charge in [-0.25, -0.2) is 0 Å². The van der Waals surface area contributed by atoms with E-state index in [0.29, 0.717) is 11.3 Å². The van der Waals surface area contributed by atoms with Gasteiger partial charge in [0.2, 0.25) is 11.8 Å². The van der Waals surface area contributed by atoms with Crippen molar-refractivity contribution in [3.05, 3.63) is 42.0 Å². The number of fused-ring (bicyclic) bond motifs is 2. The average molecular weight is 301 g/mol. The number of anilines is 1. The predicted octanol–water partition coefficient (Wildman–Crippen LogP) is -0.957. The van der Waals surface area contributed by atoms with Crippen LogP contribution in [0.2, 0.25) is 0 Å². The predicted molar refractivity (Wildman–Crippen MR) is 73.4 cm³/mol. The Hall–Kier alpha value is -2.67. The van der Waals surface area contributed by atoms with Gasteiger partial charge in [0.15, 0.2) is 0 Å². The van der Waals surface area contributed by atoms with Gasteiger partial charge in [-0.05, 0) is 24.3 Å². The molecule has 114 valence electrons. The highest BCUT2D eigenvalue weighted by Crippen LogP contribution is 2.39. The first kappa shape index (κ1) is 14.3. The topological polar surface area (TPSA) is 122 Å². The van der Waals surface area contributed by atoms with Gasteiger partial charge in [-0.15, -0.1) is 0 Å². The molecule has 1 aromatic carbocycles. The number of aliphatic carboxylic acids is 1. The monoisotopic (exact) mass is 301 g/mol. The summed E-state index contributed by atoms with van der Waals surface area (Å²) in [6.45, 7) is 0. The van der Waals surface area contributed by atoms with E-state index in [4.69, 9.17) is 10.5 Å². The fourth-order valence-electron chi connectivity index (χ4n) is 2.85. The summed E-state index contributed by atoms with van der Waals surface area (Å²) < 4.78 is 5.41. The van der Waals surface area contributed by atoms with Crippen LogP contribution in [0.5, 0.6) is 0 Å². The number of carbonyl (C=O) groups is 3. The lowest BCUT2D eigenvalue weighted by Crippen LogP contribution is -2.45. The van der Waals surface area contributed by atoms with Crippen molar-refractivity contribution in [3.63, 3.8) is 0 Å². The van der Waals surface area contributed by atoms with Crippen molar-refractivity contribution in [2.24, 2.45) is 17.6 Å². The number of hydrogen-bond donors (Lipinski definition) is 2. The summed E-state index contributed by atoms with van der Waals surface area (Å²) in [5.74, 6) is -4.17. The molecule has 3 N–H and O–H groups in total. The van der Waals surface area contributed by atoms with Gasteiger partial charge in [-0.3, -0.25) is 9.59 Å². The molecule has 2 heterocycles. The number of nitrogens with one attached hydrogen (secondary N) is 1. The van der Waals surface area contributed by atoms with E-state index in [0.717, 1.165) is 0 Å². The molecule has 7 nitrogen and oxygen atoms in total. The van der Waals surface area contributed by atoms with Gasteiger partial charge >= 0.3 is 0 Å². The molecule has 1 aromatic rings. The second-order valence-electron chi connectivity index (χ2n) is 5.25. The summed E-state index contributed by atoms with van der Waals surface area (Å²) in [5.41, 5.74) is 5.89. The number of ether oxygens (including phenoxy) is 1. The van der Waals surface area contributed by atoms with Crippen LogP contribution in [-0.4, -0.2) is 30.0 Å². The van der Waals surface area contributed by atoms with Crippen LogP contribution in [0.3, 0.4) is 0 Å². The molecule has 0 radical (unpaired) electrons. The van der Waals surface area contributed by atoms with Crippen molar-refractivity contribution in [1.29, 1.82) is 0 Å². The molecular weight excluding hydrogens is 288 g/mol. The third kappa shape index (κ3) is 2.35. The molecular formula is C15H13N2O5-. The maximum absolute atomic E-state index is 12.3.